The number of nitrogens with one attached hydrogen (secondary N) is 1. The number of aliphatic hydroxyl groups is 1. The van der Waals surface area contributed by atoms with Crippen molar-refractivity contribution in [1.82, 2.24) is 4.98 Å². The maximum Gasteiger partial charge on any atom is 0.229 e. The lowest BCUT2D eigenvalue weighted by Gasteiger charge is -2.08. The number of thiazole rings is 1. The van der Waals surface area contributed by atoms with E-state index in [2.05, 4.69) is 22.1 Å². The van der Waals surface area contributed by atoms with Gasteiger partial charge < -0.3 is 10.4 Å². The van der Waals surface area contributed by atoms with Crippen molar-refractivity contribution in [2.45, 2.75) is 19.8 Å². The van der Waals surface area contributed by atoms with Crippen molar-refractivity contribution in [2.75, 3.05) is 11.9 Å². The molecule has 1 unspecified atom stereocenters. The van der Waals surface area contributed by atoms with Crippen molar-refractivity contribution < 1.29 is 9.90 Å². The van der Waals surface area contributed by atoms with Crippen LogP contribution in [-0.2, 0) is 4.79 Å². The van der Waals surface area contributed by atoms with Crippen LogP contribution in [0.3, 0.4) is 0 Å². The molecule has 0 spiro atoms. The van der Waals surface area contributed by atoms with Crippen molar-refractivity contribution in [3.05, 3.63) is 11.1 Å². The van der Waals surface area contributed by atoms with Gasteiger partial charge in [0, 0.05) is 5.92 Å². The normalized spacial score (nSPS) is 15.9. The number of aromatic nitrogens is 1. The molecule has 0 radical (unpaired) electrons. The van der Waals surface area contributed by atoms with E-state index in [1.165, 1.54) is 11.3 Å². The van der Waals surface area contributed by atoms with Crippen molar-refractivity contribution in [2.24, 2.45) is 11.8 Å². The smallest absolute Gasteiger partial charge is 0.229 e. The average molecular weight is 250 g/mol. The highest BCUT2D eigenvalue weighted by atomic mass is 32.1. The lowest BCUT2D eigenvalue weighted by molar-refractivity contribution is -0.119. The van der Waals surface area contributed by atoms with Crippen LogP contribution in [0.2, 0.25) is 0 Å². The van der Waals surface area contributed by atoms with Crippen molar-refractivity contribution in [3.8, 4) is 11.8 Å². The lowest BCUT2D eigenvalue weighted by atomic mass is 10.1. The summed E-state index contributed by atoms with van der Waals surface area (Å²) in [5, 5.41) is 11.9. The van der Waals surface area contributed by atoms with Gasteiger partial charge in [0.25, 0.3) is 0 Å². The Labute approximate surface area is 104 Å². The largest absolute Gasteiger partial charge is 0.384 e. The Hall–Kier alpha value is -1.38. The van der Waals surface area contributed by atoms with Crippen LogP contribution in [0.15, 0.2) is 6.20 Å². The van der Waals surface area contributed by atoms with Gasteiger partial charge in [-0.05, 0) is 18.8 Å². The molecule has 0 saturated heterocycles. The molecule has 1 aromatic rings. The summed E-state index contributed by atoms with van der Waals surface area (Å²) in [4.78, 5) is 16.6. The first-order valence-corrected chi connectivity index (χ1v) is 6.38. The number of nitrogens with zero attached hydrogens (tertiary/aromatic N) is 1. The first kappa shape index (κ1) is 12.1. The fourth-order valence-corrected chi connectivity index (χ4v) is 2.24. The second-order valence-electron chi connectivity index (χ2n) is 4.10. The number of hydrogen-bond acceptors (Lipinski definition) is 4. The van der Waals surface area contributed by atoms with Gasteiger partial charge in [-0.2, -0.15) is 0 Å². The molecule has 1 aliphatic carbocycles. The van der Waals surface area contributed by atoms with Gasteiger partial charge >= 0.3 is 0 Å². The van der Waals surface area contributed by atoms with Gasteiger partial charge in [0.2, 0.25) is 5.91 Å². The van der Waals surface area contributed by atoms with Gasteiger partial charge in [0.15, 0.2) is 5.13 Å². The van der Waals surface area contributed by atoms with Gasteiger partial charge in [0.05, 0.1) is 11.1 Å². The zero-order valence-corrected chi connectivity index (χ0v) is 10.4. The molecule has 4 nitrogen and oxygen atoms in total. The summed E-state index contributed by atoms with van der Waals surface area (Å²) in [6.07, 6.45) is 3.91. The minimum absolute atomic E-state index is 0.0310. The van der Waals surface area contributed by atoms with Crippen LogP contribution in [0.5, 0.6) is 0 Å². The SMILES string of the molecule is CC(C(=O)Nc1ncc(C#CCO)s1)C1CC1. The number of rotatable bonds is 3. The van der Waals surface area contributed by atoms with Gasteiger partial charge in [-0.1, -0.05) is 30.1 Å². The molecule has 1 aromatic heterocycles. The molecule has 17 heavy (non-hydrogen) atoms. The third kappa shape index (κ3) is 3.29. The van der Waals surface area contributed by atoms with Crippen molar-refractivity contribution in [3.63, 3.8) is 0 Å². The Morgan fingerprint density at radius 3 is 3.18 bits per heavy atom. The van der Waals surface area contributed by atoms with Crippen LogP contribution in [-0.4, -0.2) is 22.6 Å². The van der Waals surface area contributed by atoms with Crippen molar-refractivity contribution in [1.29, 1.82) is 0 Å². The van der Waals surface area contributed by atoms with Gasteiger partial charge in [0.1, 0.15) is 6.61 Å². The predicted molar refractivity (Wildman–Crippen MR) is 66.6 cm³/mol. The highest BCUT2D eigenvalue weighted by Gasteiger charge is 2.32. The van der Waals surface area contributed by atoms with E-state index in [0.717, 1.165) is 17.7 Å². The summed E-state index contributed by atoms with van der Waals surface area (Å²) in [5.74, 6) is 5.94. The van der Waals surface area contributed by atoms with E-state index in [4.69, 9.17) is 5.11 Å². The number of anilines is 1. The van der Waals surface area contributed by atoms with Crippen LogP contribution in [0, 0.1) is 23.7 Å². The molecule has 1 saturated carbocycles. The molecule has 1 atom stereocenters. The molecule has 2 rings (SSSR count). The highest BCUT2D eigenvalue weighted by Crippen LogP contribution is 2.37. The monoisotopic (exact) mass is 250 g/mol. The topological polar surface area (TPSA) is 62.2 Å². The highest BCUT2D eigenvalue weighted by molar-refractivity contribution is 7.16. The number of amides is 1. The summed E-state index contributed by atoms with van der Waals surface area (Å²) in [6, 6.07) is 0. The molecule has 1 amide bonds. The second kappa shape index (κ2) is 5.30. The molecule has 1 fully saturated rings. The minimum atomic E-state index is -0.168. The van der Waals surface area contributed by atoms with E-state index < -0.39 is 0 Å². The Kier molecular flexibility index (Phi) is 3.77. The quantitative estimate of drug-likeness (QED) is 0.799. The van der Waals surface area contributed by atoms with Crippen LogP contribution >= 0.6 is 11.3 Å². The molecule has 0 aromatic carbocycles. The lowest BCUT2D eigenvalue weighted by Crippen LogP contribution is -2.21. The summed E-state index contributed by atoms with van der Waals surface area (Å²) >= 11 is 1.32. The van der Waals surface area contributed by atoms with E-state index in [0.29, 0.717) is 11.0 Å². The first-order chi connectivity index (χ1) is 8.20. The maximum absolute atomic E-state index is 11.8. The zero-order valence-electron chi connectivity index (χ0n) is 9.56. The van der Waals surface area contributed by atoms with Crippen molar-refractivity contribution >= 4 is 22.4 Å². The first-order valence-electron chi connectivity index (χ1n) is 5.57. The predicted octanol–water partition coefficient (Wildman–Crippen LogP) is 1.47. The van der Waals surface area contributed by atoms with Crippen LogP contribution in [0.4, 0.5) is 5.13 Å². The summed E-state index contributed by atoms with van der Waals surface area (Å²) in [6.45, 7) is 1.78. The van der Waals surface area contributed by atoms with E-state index in [9.17, 15) is 4.79 Å². The molecular weight excluding hydrogens is 236 g/mol. The van der Waals surface area contributed by atoms with E-state index in [-0.39, 0.29) is 18.4 Å². The van der Waals surface area contributed by atoms with E-state index in [1.54, 1.807) is 6.20 Å². The summed E-state index contributed by atoms with van der Waals surface area (Å²) in [5.41, 5.74) is 0. The summed E-state index contributed by atoms with van der Waals surface area (Å²) in [7, 11) is 0. The third-order valence-electron chi connectivity index (χ3n) is 2.77. The third-order valence-corrected chi connectivity index (χ3v) is 3.60. The summed E-state index contributed by atoms with van der Waals surface area (Å²) < 4.78 is 0. The van der Waals surface area contributed by atoms with E-state index >= 15 is 0 Å². The Morgan fingerprint density at radius 2 is 2.53 bits per heavy atom. The molecule has 0 bridgehead atoms. The molecule has 5 heteroatoms. The Bertz CT molecular complexity index is 468. The number of hydrogen-bond donors (Lipinski definition) is 2. The van der Waals surface area contributed by atoms with Gasteiger partial charge in [-0.15, -0.1) is 0 Å². The average Bonchev–Trinajstić information content (AvgIpc) is 3.08. The van der Waals surface area contributed by atoms with Gasteiger partial charge in [-0.3, -0.25) is 4.79 Å². The number of carbonyl (C=O) groups excluding carboxylic acids is 1. The van der Waals surface area contributed by atoms with Gasteiger partial charge in [-0.25, -0.2) is 4.98 Å². The van der Waals surface area contributed by atoms with Crippen LogP contribution in [0.1, 0.15) is 24.6 Å². The molecule has 1 heterocycles. The fraction of sp³-hybridized carbons (Fsp3) is 0.500. The maximum atomic E-state index is 11.8. The van der Waals surface area contributed by atoms with Crippen LogP contribution < -0.4 is 5.32 Å². The standard InChI is InChI=1S/C12H14N2O2S/c1-8(9-4-5-9)11(16)14-12-13-7-10(17-12)3-2-6-15/h7-9,15H,4-6H2,1H3,(H,13,14,16). The Morgan fingerprint density at radius 1 is 1.76 bits per heavy atom. The number of aliphatic hydroxyl groups excluding tert-OH is 1. The molecule has 0 aliphatic heterocycles. The Balaban J connectivity index is 1.94. The molecular formula is C12H14N2O2S. The van der Waals surface area contributed by atoms with E-state index in [1.807, 2.05) is 6.92 Å². The number of carbonyl (C=O) groups is 1. The minimum Gasteiger partial charge on any atom is -0.384 e. The fourth-order valence-electron chi connectivity index (χ4n) is 1.55. The zero-order chi connectivity index (χ0) is 12.3. The molecule has 90 valence electrons. The molecule has 1 aliphatic rings. The molecule has 2 N–H and O–H groups in total. The second-order valence-corrected chi connectivity index (χ2v) is 5.14. The van der Waals surface area contributed by atoms with Crippen LogP contribution in [0.25, 0.3) is 0 Å².